The van der Waals surface area contributed by atoms with Crippen LogP contribution in [-0.2, 0) is 4.74 Å². The number of carbonyl (C=O) groups excluding carboxylic acids is 3. The van der Waals surface area contributed by atoms with Crippen LogP contribution in [0.3, 0.4) is 0 Å². The van der Waals surface area contributed by atoms with E-state index < -0.39 is 28.1 Å². The van der Waals surface area contributed by atoms with Gasteiger partial charge in [0.2, 0.25) is 11.6 Å². The van der Waals surface area contributed by atoms with Crippen molar-refractivity contribution >= 4 is 40.5 Å². The molecule has 0 aromatic heterocycles. The highest BCUT2D eigenvalue weighted by molar-refractivity contribution is 6.50. The summed E-state index contributed by atoms with van der Waals surface area (Å²) in [6.07, 6.45) is 0. The largest absolute Gasteiger partial charge is 0.462 e. The van der Waals surface area contributed by atoms with Gasteiger partial charge in [-0.15, -0.1) is 0 Å². The molecule has 0 atom stereocenters. The lowest BCUT2D eigenvalue weighted by Gasteiger charge is -2.19. The van der Waals surface area contributed by atoms with Crippen molar-refractivity contribution in [2.75, 3.05) is 11.9 Å². The average molecular weight is 401 g/mol. The van der Waals surface area contributed by atoms with E-state index in [0.29, 0.717) is 0 Å². The molecule has 1 aliphatic rings. The highest BCUT2D eigenvalue weighted by Crippen LogP contribution is 2.33. The Morgan fingerprint density at radius 1 is 1.14 bits per heavy atom. The number of hydrogen-bond donors (Lipinski definition) is 1. The third kappa shape index (κ3) is 3.37. The van der Waals surface area contributed by atoms with E-state index in [4.69, 9.17) is 16.3 Å². The van der Waals surface area contributed by atoms with Gasteiger partial charge in [0.1, 0.15) is 16.4 Å². The molecule has 0 aliphatic heterocycles. The van der Waals surface area contributed by atoms with Crippen LogP contribution in [-0.4, -0.2) is 29.1 Å². The van der Waals surface area contributed by atoms with E-state index in [1.54, 1.807) is 19.1 Å². The highest BCUT2D eigenvalue weighted by Gasteiger charge is 2.32. The number of carbonyl (C=O) groups is 3. The zero-order valence-corrected chi connectivity index (χ0v) is 15.3. The Morgan fingerprint density at radius 3 is 2.39 bits per heavy atom. The molecule has 0 saturated carbocycles. The fraction of sp³-hybridized carbons (Fsp3) is 0.105. The Morgan fingerprint density at radius 2 is 1.79 bits per heavy atom. The maximum Gasteiger partial charge on any atom is 0.338 e. The molecule has 0 saturated heterocycles. The average Bonchev–Trinajstić information content (AvgIpc) is 2.69. The second-order valence-corrected chi connectivity index (χ2v) is 6.11. The molecule has 0 bridgehead atoms. The molecule has 0 heterocycles. The SMILES string of the molecule is CCOC(=O)c1ccc(NC2=C(Cl)C(=O)c3ccccc3C2=O)c([N+](=O)[O-])c1. The van der Waals surface area contributed by atoms with E-state index in [-0.39, 0.29) is 39.7 Å². The minimum Gasteiger partial charge on any atom is -0.462 e. The number of nitro benzene ring substituents is 1. The Bertz CT molecular complexity index is 1060. The smallest absolute Gasteiger partial charge is 0.338 e. The summed E-state index contributed by atoms with van der Waals surface area (Å²) >= 11 is 6.06. The van der Waals surface area contributed by atoms with Gasteiger partial charge in [0.05, 0.1) is 17.1 Å². The van der Waals surface area contributed by atoms with Gasteiger partial charge in [-0.05, 0) is 19.1 Å². The molecule has 1 aliphatic carbocycles. The van der Waals surface area contributed by atoms with E-state index in [0.717, 1.165) is 6.07 Å². The van der Waals surface area contributed by atoms with Crippen molar-refractivity contribution in [3.05, 3.63) is 80.0 Å². The number of benzene rings is 2. The van der Waals surface area contributed by atoms with E-state index >= 15 is 0 Å². The molecule has 0 amide bonds. The van der Waals surface area contributed by atoms with Crippen LogP contribution in [0.4, 0.5) is 11.4 Å². The zero-order valence-electron chi connectivity index (χ0n) is 14.5. The van der Waals surface area contributed by atoms with Gasteiger partial charge in [-0.25, -0.2) is 4.79 Å². The topological polar surface area (TPSA) is 116 Å². The molecule has 0 unspecified atom stereocenters. The van der Waals surface area contributed by atoms with Crippen LogP contribution in [0.1, 0.15) is 38.0 Å². The number of nitrogens with zero attached hydrogens (tertiary/aromatic N) is 1. The van der Waals surface area contributed by atoms with Gasteiger partial charge in [0.15, 0.2) is 0 Å². The molecule has 2 aromatic carbocycles. The van der Waals surface area contributed by atoms with Crippen LogP contribution in [0, 0.1) is 10.1 Å². The fourth-order valence-electron chi connectivity index (χ4n) is 2.72. The number of nitrogens with one attached hydrogen (secondary N) is 1. The Labute approximate surface area is 163 Å². The van der Waals surface area contributed by atoms with E-state index in [2.05, 4.69) is 5.32 Å². The van der Waals surface area contributed by atoms with Crippen LogP contribution in [0.15, 0.2) is 53.2 Å². The van der Waals surface area contributed by atoms with Gasteiger partial charge in [0.25, 0.3) is 5.69 Å². The summed E-state index contributed by atoms with van der Waals surface area (Å²) in [5, 5.41) is 13.6. The Kier molecular flexibility index (Phi) is 5.23. The third-order valence-electron chi connectivity index (χ3n) is 4.03. The van der Waals surface area contributed by atoms with Gasteiger partial charge in [0, 0.05) is 17.2 Å². The zero-order chi connectivity index (χ0) is 20.4. The van der Waals surface area contributed by atoms with Crippen LogP contribution in [0.25, 0.3) is 0 Å². The van der Waals surface area contributed by atoms with Gasteiger partial charge < -0.3 is 10.1 Å². The number of rotatable bonds is 5. The van der Waals surface area contributed by atoms with Gasteiger partial charge >= 0.3 is 5.97 Å². The number of anilines is 1. The Balaban J connectivity index is 2.03. The fourth-order valence-corrected chi connectivity index (χ4v) is 2.96. The number of ketones is 2. The number of Topliss-reactive ketones (excluding diaryl/α,β-unsaturated/α-hetero) is 2. The van der Waals surface area contributed by atoms with Crippen LogP contribution < -0.4 is 5.32 Å². The number of ether oxygens (including phenoxy) is 1. The first-order chi connectivity index (χ1) is 13.3. The van der Waals surface area contributed by atoms with Crippen molar-refractivity contribution in [3.63, 3.8) is 0 Å². The lowest BCUT2D eigenvalue weighted by Crippen LogP contribution is -2.24. The first kappa shape index (κ1) is 19.2. The molecule has 0 spiro atoms. The quantitative estimate of drug-likeness (QED) is 0.462. The van der Waals surface area contributed by atoms with Crippen molar-refractivity contribution in [1.82, 2.24) is 0 Å². The standard InChI is InChI=1S/C19H13ClN2O6/c1-2-28-19(25)10-7-8-13(14(9-10)22(26)27)21-16-15(20)17(23)11-5-3-4-6-12(11)18(16)24/h3-9,21H,2H2,1H3. The number of nitro groups is 1. The molecule has 0 radical (unpaired) electrons. The summed E-state index contributed by atoms with van der Waals surface area (Å²) in [6.45, 7) is 1.73. The first-order valence-electron chi connectivity index (χ1n) is 8.16. The summed E-state index contributed by atoms with van der Waals surface area (Å²) in [5.41, 5.74) is -0.540. The summed E-state index contributed by atoms with van der Waals surface area (Å²) in [4.78, 5) is 47.7. The van der Waals surface area contributed by atoms with Gasteiger partial charge in [-0.3, -0.25) is 19.7 Å². The monoisotopic (exact) mass is 400 g/mol. The second-order valence-electron chi connectivity index (χ2n) is 5.73. The molecule has 1 N–H and O–H groups in total. The minimum atomic E-state index is -0.720. The van der Waals surface area contributed by atoms with Gasteiger partial charge in [-0.1, -0.05) is 35.9 Å². The highest BCUT2D eigenvalue weighted by atomic mass is 35.5. The number of halogens is 1. The number of hydrogen-bond acceptors (Lipinski definition) is 7. The summed E-state index contributed by atoms with van der Waals surface area (Å²) in [7, 11) is 0. The molecule has 9 heteroatoms. The van der Waals surface area contributed by atoms with Crippen molar-refractivity contribution in [1.29, 1.82) is 0 Å². The molecule has 8 nitrogen and oxygen atoms in total. The van der Waals surface area contributed by atoms with Crippen molar-refractivity contribution in [3.8, 4) is 0 Å². The van der Waals surface area contributed by atoms with Crippen LogP contribution in [0.2, 0.25) is 0 Å². The van der Waals surface area contributed by atoms with E-state index in [1.165, 1.54) is 24.3 Å². The molecule has 28 heavy (non-hydrogen) atoms. The third-order valence-corrected chi connectivity index (χ3v) is 4.39. The summed E-state index contributed by atoms with van der Waals surface area (Å²) in [5.74, 6) is -1.85. The van der Waals surface area contributed by atoms with Crippen molar-refractivity contribution < 1.29 is 24.0 Å². The van der Waals surface area contributed by atoms with Crippen LogP contribution in [0.5, 0.6) is 0 Å². The maximum absolute atomic E-state index is 12.7. The minimum absolute atomic E-state index is 0.0180. The predicted octanol–water partition coefficient (Wildman–Crippen LogP) is 3.71. The van der Waals surface area contributed by atoms with Crippen molar-refractivity contribution in [2.45, 2.75) is 6.92 Å². The van der Waals surface area contributed by atoms with Crippen LogP contribution >= 0.6 is 11.6 Å². The van der Waals surface area contributed by atoms with E-state index in [1.807, 2.05) is 0 Å². The predicted molar refractivity (Wildman–Crippen MR) is 101 cm³/mol. The first-order valence-corrected chi connectivity index (χ1v) is 8.53. The van der Waals surface area contributed by atoms with Gasteiger partial charge in [-0.2, -0.15) is 0 Å². The maximum atomic E-state index is 12.7. The molecule has 142 valence electrons. The number of esters is 1. The van der Waals surface area contributed by atoms with Crippen molar-refractivity contribution in [2.24, 2.45) is 0 Å². The summed E-state index contributed by atoms with van der Waals surface area (Å²) < 4.78 is 4.83. The molecule has 2 aromatic rings. The molecule has 0 fully saturated rings. The lowest BCUT2D eigenvalue weighted by molar-refractivity contribution is -0.384. The summed E-state index contributed by atoms with van der Waals surface area (Å²) in [6, 6.07) is 9.73. The molecular weight excluding hydrogens is 388 g/mol. The normalized spacial score (nSPS) is 13.2. The lowest BCUT2D eigenvalue weighted by atomic mass is 9.92. The Hall–Kier alpha value is -3.52. The second kappa shape index (κ2) is 7.61. The van der Waals surface area contributed by atoms with E-state index in [9.17, 15) is 24.5 Å². The molecule has 3 rings (SSSR count). The number of fused-ring (bicyclic) bond motifs is 1. The molecular formula is C19H13ClN2O6. The number of allylic oxidation sites excluding steroid dienone is 2.